The van der Waals surface area contributed by atoms with Crippen LogP contribution in [-0.4, -0.2) is 251 Å². The molecular weight excluding hydrogens is 1220 g/mol. The van der Waals surface area contributed by atoms with Crippen molar-refractivity contribution in [3.05, 3.63) is 12.2 Å². The number of carbonyl (C=O) groups excluding carboxylic acids is 12. The molecule has 11 amide bonds. The summed E-state index contributed by atoms with van der Waals surface area (Å²) in [6, 6.07) is -14.4. The third kappa shape index (κ3) is 24.7. The van der Waals surface area contributed by atoms with Crippen LogP contribution in [0.15, 0.2) is 12.2 Å². The van der Waals surface area contributed by atoms with Crippen molar-refractivity contribution in [3.63, 3.8) is 0 Å². The number of esters is 1. The Morgan fingerprint density at radius 2 is 0.947 bits per heavy atom. The minimum Gasteiger partial charge on any atom is -0.466 e. The van der Waals surface area contributed by atoms with E-state index < -0.39 is 167 Å². The summed E-state index contributed by atoms with van der Waals surface area (Å²) in [4.78, 5) is 184. The van der Waals surface area contributed by atoms with Crippen LogP contribution < -0.4 is 21.3 Å². The van der Waals surface area contributed by atoms with Crippen LogP contribution in [0.5, 0.6) is 0 Å². The molecular formula is C69H123N11O15. The predicted molar refractivity (Wildman–Crippen MR) is 364 cm³/mol. The van der Waals surface area contributed by atoms with Gasteiger partial charge in [0.15, 0.2) is 0 Å². The molecule has 0 aromatic heterocycles. The van der Waals surface area contributed by atoms with E-state index in [1.54, 1.807) is 81.4 Å². The number of aliphatic hydroxyl groups is 1. The SMILES string of the molecule is C/C=C/[C@@H](C)[C@@H](O)[C@H]1C(=O)N[C@@H](CC)C(=O)N(CCC)[C@H](CC)C(=O)N(C)C([C@@H](C)OCCCCOC(C)=O)C(=O)N[C@@H](C(C)C)C(=O)N(C)[C@@H](CC(C)C)C(=O)N[C@@H](C)C(=O)N[C@H](C)C(=O)N(C)[C@@H](CC(C)C)C(=O)N(C)[C@@H](CC(C)C)C(=O)N(C)[C@@H](C(C)C)C(=O)N1C. The zero-order valence-electron chi connectivity index (χ0n) is 62.2. The second kappa shape index (κ2) is 40.8. The standard InChI is InChI=1S/C69H123N11O15/c1-26-32-44(15)58(82)57-62(86)72-49(28-3)64(88)80(33-27-2)50(29-4)65(89)78(24)56(47(18)94-34-30-31-35-95-48(19)81)61(85)73-54(42(11)12)68(92)74(20)51(36-39(5)6)60(84)70-45(16)59(83)71-46(17)63(87)75(21)52(37-40(7)8)66(90)76(22)53(38-41(9)10)67(91)77(23)55(43(13)14)69(93)79(57)25/h26,32,39-47,49-58,82H,27-31,33-38H2,1-25H3,(H,70,84)(H,71,83)(H,72,86)(H,73,85)/b32-26+/t44-,45+,46-,47-,49+,50-,51+,52+,53+,54+,55+,56?,57+,58-/m1/s1. The summed E-state index contributed by atoms with van der Waals surface area (Å²) in [6.07, 6.45) is 2.21. The van der Waals surface area contributed by atoms with E-state index in [4.69, 9.17) is 9.47 Å². The van der Waals surface area contributed by atoms with Gasteiger partial charge in [0.05, 0.1) is 18.8 Å². The van der Waals surface area contributed by atoms with Gasteiger partial charge in [-0.2, -0.15) is 0 Å². The Kier molecular flexibility index (Phi) is 37.0. The highest BCUT2D eigenvalue weighted by Crippen LogP contribution is 2.26. The molecule has 0 aromatic rings. The smallest absolute Gasteiger partial charge is 0.302 e. The molecule has 26 nitrogen and oxygen atoms in total. The van der Waals surface area contributed by atoms with Crippen molar-refractivity contribution >= 4 is 70.9 Å². The Morgan fingerprint density at radius 1 is 0.495 bits per heavy atom. The number of aliphatic hydroxyl groups excluding tert-OH is 1. The third-order valence-corrected chi connectivity index (χ3v) is 17.7. The van der Waals surface area contributed by atoms with Gasteiger partial charge in [-0.3, -0.25) is 57.5 Å². The van der Waals surface area contributed by atoms with Gasteiger partial charge >= 0.3 is 5.97 Å². The molecule has 0 aromatic carbocycles. The van der Waals surface area contributed by atoms with Crippen LogP contribution in [0.4, 0.5) is 0 Å². The molecule has 0 bridgehead atoms. The van der Waals surface area contributed by atoms with Crippen molar-refractivity contribution < 1.29 is 72.1 Å². The fourth-order valence-corrected chi connectivity index (χ4v) is 12.1. The summed E-state index contributed by atoms with van der Waals surface area (Å²) in [5.74, 6) is -10.8. The van der Waals surface area contributed by atoms with E-state index >= 15 is 33.6 Å². The first-order valence-electron chi connectivity index (χ1n) is 34.3. The van der Waals surface area contributed by atoms with Crippen molar-refractivity contribution in [2.45, 2.75) is 262 Å². The largest absolute Gasteiger partial charge is 0.466 e. The molecule has 95 heavy (non-hydrogen) atoms. The topological polar surface area (TPSA) is 314 Å². The Labute approximate surface area is 567 Å². The number of nitrogens with one attached hydrogen (secondary N) is 4. The molecule has 1 saturated heterocycles. The second-order valence-corrected chi connectivity index (χ2v) is 27.8. The van der Waals surface area contributed by atoms with Crippen LogP contribution in [0.3, 0.4) is 0 Å². The van der Waals surface area contributed by atoms with Crippen LogP contribution in [0.25, 0.3) is 0 Å². The molecule has 0 saturated carbocycles. The first-order valence-corrected chi connectivity index (χ1v) is 34.3. The maximum absolute atomic E-state index is 15.3. The van der Waals surface area contributed by atoms with Crippen molar-refractivity contribution in [1.82, 2.24) is 55.6 Å². The molecule has 0 spiro atoms. The summed E-state index contributed by atoms with van der Waals surface area (Å²) in [5, 5.41) is 23.3. The molecule has 26 heteroatoms. The average Bonchev–Trinajstić information content (AvgIpc) is 0.824. The quantitative estimate of drug-likeness (QED) is 0.0578. The van der Waals surface area contributed by atoms with Crippen LogP contribution in [-0.2, 0) is 67.0 Å². The Balaban J connectivity index is 4.55. The molecule has 5 N–H and O–H groups in total. The van der Waals surface area contributed by atoms with Gasteiger partial charge < -0.3 is 70.1 Å². The van der Waals surface area contributed by atoms with Gasteiger partial charge in [-0.25, -0.2) is 0 Å². The predicted octanol–water partition coefficient (Wildman–Crippen LogP) is 4.14. The first kappa shape index (κ1) is 86.3. The lowest BCUT2D eigenvalue weighted by Gasteiger charge is -2.41. The molecule has 1 rings (SSSR count). The Bertz CT molecular complexity index is 2600. The van der Waals surface area contributed by atoms with Crippen LogP contribution >= 0.6 is 0 Å². The lowest BCUT2D eigenvalue weighted by molar-refractivity contribution is -0.157. The minimum atomic E-state index is -1.68. The van der Waals surface area contributed by atoms with E-state index in [0.29, 0.717) is 19.3 Å². The molecule has 14 atom stereocenters. The Hall–Kier alpha value is -6.70. The molecule has 0 radical (unpaired) electrons. The lowest BCUT2D eigenvalue weighted by Crippen LogP contribution is -2.64. The number of allylic oxidation sites excluding steroid dienone is 1. The van der Waals surface area contributed by atoms with Gasteiger partial charge in [-0.1, -0.05) is 109 Å². The molecule has 1 aliphatic heterocycles. The summed E-state index contributed by atoms with van der Waals surface area (Å²) in [6.45, 7) is 32.4. The Morgan fingerprint density at radius 3 is 1.42 bits per heavy atom. The second-order valence-electron chi connectivity index (χ2n) is 27.8. The van der Waals surface area contributed by atoms with Gasteiger partial charge in [0.1, 0.15) is 66.5 Å². The van der Waals surface area contributed by atoms with E-state index in [0.717, 1.165) is 4.90 Å². The number of hydrogen-bond acceptors (Lipinski definition) is 15. The van der Waals surface area contributed by atoms with Crippen molar-refractivity contribution in [1.29, 1.82) is 0 Å². The minimum absolute atomic E-state index is 0.00347. The molecule has 1 fully saturated rings. The van der Waals surface area contributed by atoms with Gasteiger partial charge in [-0.15, -0.1) is 0 Å². The maximum atomic E-state index is 15.3. The fourth-order valence-electron chi connectivity index (χ4n) is 12.1. The highest BCUT2D eigenvalue weighted by atomic mass is 16.5. The molecule has 1 unspecified atom stereocenters. The number of unbranched alkanes of at least 4 members (excludes halogenated alkanes) is 1. The first-order chi connectivity index (χ1) is 44.1. The van der Waals surface area contributed by atoms with Gasteiger partial charge in [0.2, 0.25) is 65.0 Å². The van der Waals surface area contributed by atoms with Crippen LogP contribution in [0.2, 0.25) is 0 Å². The molecule has 0 aliphatic carbocycles. The normalized spacial score (nSPS) is 26.3. The highest BCUT2D eigenvalue weighted by Gasteiger charge is 2.47. The fraction of sp³-hybridized carbons (Fsp3) is 0.797. The van der Waals surface area contributed by atoms with E-state index in [-0.39, 0.29) is 69.6 Å². The maximum Gasteiger partial charge on any atom is 0.302 e. The highest BCUT2D eigenvalue weighted by molar-refractivity contribution is 6.00. The number of likely N-dealkylation sites (N-methyl/N-ethyl adjacent to an activating group) is 6. The van der Waals surface area contributed by atoms with Crippen LogP contribution in [0, 0.1) is 35.5 Å². The number of nitrogens with zero attached hydrogens (tertiary/aromatic N) is 7. The zero-order valence-corrected chi connectivity index (χ0v) is 62.2. The van der Waals surface area contributed by atoms with E-state index in [1.807, 2.05) is 41.5 Å². The third-order valence-electron chi connectivity index (χ3n) is 17.7. The van der Waals surface area contributed by atoms with Crippen molar-refractivity contribution in [2.75, 3.05) is 62.0 Å². The lowest BCUT2D eigenvalue weighted by atomic mass is 9.93. The molecule has 1 heterocycles. The van der Waals surface area contributed by atoms with E-state index in [2.05, 4.69) is 21.3 Å². The summed E-state index contributed by atoms with van der Waals surface area (Å²) in [5.41, 5.74) is 0. The number of rotatable bonds is 22. The van der Waals surface area contributed by atoms with Gasteiger partial charge in [-0.05, 0) is 109 Å². The van der Waals surface area contributed by atoms with Crippen molar-refractivity contribution in [3.8, 4) is 0 Å². The molecule has 544 valence electrons. The van der Waals surface area contributed by atoms with Gasteiger partial charge in [0, 0.05) is 68.3 Å². The summed E-state index contributed by atoms with van der Waals surface area (Å²) < 4.78 is 11.3. The average molecular weight is 1350 g/mol. The van der Waals surface area contributed by atoms with Gasteiger partial charge in [0.25, 0.3) is 0 Å². The number of amides is 11. The summed E-state index contributed by atoms with van der Waals surface area (Å²) in [7, 11) is 8.45. The number of ether oxygens (including phenoxy) is 2. The summed E-state index contributed by atoms with van der Waals surface area (Å²) >= 11 is 0. The van der Waals surface area contributed by atoms with Crippen LogP contribution in [0.1, 0.15) is 183 Å². The number of carbonyl (C=O) groups is 12. The zero-order chi connectivity index (χ0) is 73.4. The van der Waals surface area contributed by atoms with E-state index in [9.17, 15) is 29.1 Å². The molecule has 1 aliphatic rings. The van der Waals surface area contributed by atoms with E-state index in [1.165, 1.54) is 92.5 Å². The number of hydrogen-bond donors (Lipinski definition) is 5. The van der Waals surface area contributed by atoms with Crippen molar-refractivity contribution in [2.24, 2.45) is 35.5 Å². The monoisotopic (exact) mass is 1350 g/mol.